The second-order valence-electron chi connectivity index (χ2n) is 4.56. The molecular formula is C12H23N3O. The molecule has 0 bridgehead atoms. The van der Waals surface area contributed by atoms with E-state index in [4.69, 9.17) is 0 Å². The molecule has 1 heterocycles. The highest BCUT2D eigenvalue weighted by atomic mass is 16.3. The topological polar surface area (TPSA) is 50.1 Å². The molecule has 0 radical (unpaired) electrons. The minimum Gasteiger partial charge on any atom is -0.394 e. The van der Waals surface area contributed by atoms with E-state index in [9.17, 15) is 5.11 Å². The zero-order valence-electron chi connectivity index (χ0n) is 10.5. The number of aryl methyl sites for hydroxylation is 2. The van der Waals surface area contributed by atoms with E-state index < -0.39 is 0 Å². The molecule has 0 saturated heterocycles. The Kier molecular flexibility index (Phi) is 4.96. The predicted molar refractivity (Wildman–Crippen MR) is 65.4 cm³/mol. The number of hydrogen-bond acceptors (Lipinski definition) is 3. The Morgan fingerprint density at radius 3 is 2.81 bits per heavy atom. The molecule has 1 aromatic heterocycles. The molecule has 0 aromatic carbocycles. The van der Waals surface area contributed by atoms with E-state index in [0.29, 0.717) is 0 Å². The van der Waals surface area contributed by atoms with Gasteiger partial charge in [-0.1, -0.05) is 6.92 Å². The maximum atomic E-state index is 9.42. The molecule has 1 atom stereocenters. The van der Waals surface area contributed by atoms with E-state index in [0.717, 1.165) is 31.8 Å². The lowest BCUT2D eigenvalue weighted by atomic mass is 9.99. The maximum Gasteiger partial charge on any atom is 0.105 e. The molecule has 1 aromatic rings. The number of rotatable bonds is 7. The number of aliphatic hydroxyl groups is 1. The number of nitrogens with one attached hydrogen (secondary N) is 1. The standard InChI is InChI=1S/C12H23N3O/c1-4-6-14-12(3,10-16)5-8-15-9-7-13-11(15)2/h7,9,14,16H,4-6,8,10H2,1-3H3. The molecule has 2 N–H and O–H groups in total. The van der Waals surface area contributed by atoms with Gasteiger partial charge in [-0.2, -0.15) is 0 Å². The Morgan fingerprint density at radius 2 is 2.31 bits per heavy atom. The Morgan fingerprint density at radius 1 is 1.56 bits per heavy atom. The molecule has 1 unspecified atom stereocenters. The molecule has 1 rings (SSSR count). The van der Waals surface area contributed by atoms with Gasteiger partial charge in [-0.3, -0.25) is 0 Å². The normalized spacial score (nSPS) is 15.0. The number of hydrogen-bond donors (Lipinski definition) is 2. The van der Waals surface area contributed by atoms with Crippen molar-refractivity contribution >= 4 is 0 Å². The first-order valence-electron chi connectivity index (χ1n) is 5.95. The molecule has 0 amide bonds. The summed E-state index contributed by atoms with van der Waals surface area (Å²) < 4.78 is 2.11. The number of aliphatic hydroxyl groups excluding tert-OH is 1. The quantitative estimate of drug-likeness (QED) is 0.736. The SMILES string of the molecule is CCCNC(C)(CO)CCn1ccnc1C. The molecule has 0 aliphatic carbocycles. The van der Waals surface area contributed by atoms with Gasteiger partial charge in [0.2, 0.25) is 0 Å². The van der Waals surface area contributed by atoms with E-state index in [2.05, 4.69) is 28.7 Å². The molecule has 4 heteroatoms. The van der Waals surface area contributed by atoms with Crippen LogP contribution in [0.5, 0.6) is 0 Å². The van der Waals surface area contributed by atoms with Crippen LogP contribution in [0.2, 0.25) is 0 Å². The van der Waals surface area contributed by atoms with Crippen LogP contribution < -0.4 is 5.32 Å². The van der Waals surface area contributed by atoms with Gasteiger partial charge in [0.05, 0.1) is 6.61 Å². The van der Waals surface area contributed by atoms with Crippen LogP contribution in [0, 0.1) is 6.92 Å². The van der Waals surface area contributed by atoms with Crippen LogP contribution in [0.15, 0.2) is 12.4 Å². The summed E-state index contributed by atoms with van der Waals surface area (Å²) in [6, 6.07) is 0. The van der Waals surface area contributed by atoms with Crippen LogP contribution in [0.4, 0.5) is 0 Å². The van der Waals surface area contributed by atoms with Crippen molar-refractivity contribution in [1.29, 1.82) is 0 Å². The number of aromatic nitrogens is 2. The molecule has 16 heavy (non-hydrogen) atoms. The van der Waals surface area contributed by atoms with Gasteiger partial charge in [0.15, 0.2) is 0 Å². The second kappa shape index (κ2) is 6.01. The van der Waals surface area contributed by atoms with E-state index >= 15 is 0 Å². The highest BCUT2D eigenvalue weighted by molar-refractivity contribution is 4.90. The van der Waals surface area contributed by atoms with Crippen molar-refractivity contribution < 1.29 is 5.11 Å². The molecule has 0 aliphatic heterocycles. The fourth-order valence-corrected chi connectivity index (χ4v) is 1.66. The van der Waals surface area contributed by atoms with Gasteiger partial charge < -0.3 is 15.0 Å². The first-order chi connectivity index (χ1) is 7.61. The smallest absolute Gasteiger partial charge is 0.105 e. The average Bonchev–Trinajstić information content (AvgIpc) is 2.70. The Labute approximate surface area is 97.7 Å². The first kappa shape index (κ1) is 13.2. The minimum absolute atomic E-state index is 0.167. The lowest BCUT2D eigenvalue weighted by Crippen LogP contribution is -2.46. The maximum absolute atomic E-state index is 9.42. The van der Waals surface area contributed by atoms with Gasteiger partial charge in [0.25, 0.3) is 0 Å². The summed E-state index contributed by atoms with van der Waals surface area (Å²) in [5.74, 6) is 1.02. The second-order valence-corrected chi connectivity index (χ2v) is 4.56. The van der Waals surface area contributed by atoms with Gasteiger partial charge in [0.1, 0.15) is 5.82 Å². The third-order valence-electron chi connectivity index (χ3n) is 2.98. The van der Waals surface area contributed by atoms with Crippen LogP contribution >= 0.6 is 0 Å². The van der Waals surface area contributed by atoms with Gasteiger partial charge in [-0.05, 0) is 33.2 Å². The lowest BCUT2D eigenvalue weighted by molar-refractivity contribution is 0.161. The summed E-state index contributed by atoms with van der Waals surface area (Å²) in [6.07, 6.45) is 5.78. The fraction of sp³-hybridized carbons (Fsp3) is 0.750. The van der Waals surface area contributed by atoms with Gasteiger partial charge in [0, 0.05) is 24.5 Å². The highest BCUT2D eigenvalue weighted by Gasteiger charge is 2.21. The Bertz CT molecular complexity index is 311. The summed E-state index contributed by atoms with van der Waals surface area (Å²) in [5.41, 5.74) is -0.188. The number of nitrogens with zero attached hydrogens (tertiary/aromatic N) is 2. The summed E-state index contributed by atoms with van der Waals surface area (Å²) in [6.45, 7) is 8.19. The molecule has 4 nitrogen and oxygen atoms in total. The van der Waals surface area contributed by atoms with Crippen LogP contribution in [-0.4, -0.2) is 33.3 Å². The van der Waals surface area contributed by atoms with Crippen molar-refractivity contribution in [3.8, 4) is 0 Å². The first-order valence-corrected chi connectivity index (χ1v) is 5.95. The van der Waals surface area contributed by atoms with Crippen LogP contribution in [0.25, 0.3) is 0 Å². The third kappa shape index (κ3) is 3.61. The van der Waals surface area contributed by atoms with Crippen molar-refractivity contribution in [3.63, 3.8) is 0 Å². The zero-order chi connectivity index (χ0) is 12.0. The van der Waals surface area contributed by atoms with Crippen LogP contribution in [-0.2, 0) is 6.54 Å². The van der Waals surface area contributed by atoms with Crippen molar-refractivity contribution in [2.75, 3.05) is 13.2 Å². The molecule has 0 saturated carbocycles. The van der Waals surface area contributed by atoms with Gasteiger partial charge in [-0.15, -0.1) is 0 Å². The molecular weight excluding hydrogens is 202 g/mol. The largest absolute Gasteiger partial charge is 0.394 e. The molecule has 0 spiro atoms. The number of imidazole rings is 1. The van der Waals surface area contributed by atoms with Gasteiger partial charge >= 0.3 is 0 Å². The van der Waals surface area contributed by atoms with Crippen molar-refractivity contribution in [1.82, 2.24) is 14.9 Å². The average molecular weight is 225 g/mol. The Balaban J connectivity index is 2.47. The van der Waals surface area contributed by atoms with Gasteiger partial charge in [-0.25, -0.2) is 4.98 Å². The lowest BCUT2D eigenvalue weighted by Gasteiger charge is -2.29. The monoisotopic (exact) mass is 225 g/mol. The summed E-state index contributed by atoms with van der Waals surface area (Å²) >= 11 is 0. The predicted octanol–water partition coefficient (Wildman–Crippen LogP) is 1.33. The Hall–Kier alpha value is -0.870. The fourth-order valence-electron chi connectivity index (χ4n) is 1.66. The van der Waals surface area contributed by atoms with E-state index in [1.165, 1.54) is 0 Å². The van der Waals surface area contributed by atoms with Crippen molar-refractivity contribution in [2.45, 2.75) is 45.7 Å². The highest BCUT2D eigenvalue weighted by Crippen LogP contribution is 2.11. The zero-order valence-corrected chi connectivity index (χ0v) is 10.5. The van der Waals surface area contributed by atoms with E-state index in [1.54, 1.807) is 0 Å². The van der Waals surface area contributed by atoms with Crippen LogP contribution in [0.1, 0.15) is 32.5 Å². The molecule has 92 valence electrons. The molecule has 0 aliphatic rings. The minimum atomic E-state index is -0.188. The van der Waals surface area contributed by atoms with Crippen LogP contribution in [0.3, 0.4) is 0 Å². The van der Waals surface area contributed by atoms with E-state index in [-0.39, 0.29) is 12.1 Å². The summed E-state index contributed by atoms with van der Waals surface area (Å²) in [4.78, 5) is 4.19. The van der Waals surface area contributed by atoms with Crippen molar-refractivity contribution in [2.24, 2.45) is 0 Å². The summed E-state index contributed by atoms with van der Waals surface area (Å²) in [5, 5.41) is 12.8. The third-order valence-corrected chi connectivity index (χ3v) is 2.98. The van der Waals surface area contributed by atoms with E-state index in [1.807, 2.05) is 19.3 Å². The van der Waals surface area contributed by atoms with Crippen molar-refractivity contribution in [3.05, 3.63) is 18.2 Å². The molecule has 0 fully saturated rings. The summed E-state index contributed by atoms with van der Waals surface area (Å²) in [7, 11) is 0.